The molecule has 0 spiro atoms. The van der Waals surface area contributed by atoms with Crippen molar-refractivity contribution in [3.05, 3.63) is 76.7 Å². The van der Waals surface area contributed by atoms with Crippen LogP contribution in [0.1, 0.15) is 5.56 Å². The molecule has 9 heteroatoms. The van der Waals surface area contributed by atoms with Crippen molar-refractivity contribution in [1.82, 2.24) is 10.2 Å². The van der Waals surface area contributed by atoms with E-state index in [4.69, 9.17) is 11.6 Å². The van der Waals surface area contributed by atoms with Crippen LogP contribution >= 0.6 is 11.6 Å². The summed E-state index contributed by atoms with van der Waals surface area (Å²) in [6.07, 6.45) is 1.17. The van der Waals surface area contributed by atoms with Crippen molar-refractivity contribution >= 4 is 34.7 Å². The molecule has 2 N–H and O–H groups in total. The average molecular weight is 393 g/mol. The number of aromatic nitrogens is 2. The lowest BCUT2D eigenvalue weighted by atomic mass is 10.1. The normalized spacial score (nSPS) is 10.5. The molecule has 0 aliphatic rings. The van der Waals surface area contributed by atoms with Gasteiger partial charge in [-0.05, 0) is 23.8 Å². The first-order valence-corrected chi connectivity index (χ1v) is 8.08. The Labute approximate surface area is 157 Å². The Morgan fingerprint density at radius 2 is 1.81 bits per heavy atom. The summed E-state index contributed by atoms with van der Waals surface area (Å²) in [6.45, 7) is 0. The molecule has 0 bridgehead atoms. The van der Waals surface area contributed by atoms with Gasteiger partial charge in [0.25, 0.3) is 0 Å². The summed E-state index contributed by atoms with van der Waals surface area (Å²) in [4.78, 5) is 12.1. The summed E-state index contributed by atoms with van der Waals surface area (Å²) in [5.41, 5.74) is 0.919. The van der Waals surface area contributed by atoms with Crippen LogP contribution < -0.4 is 10.6 Å². The molecule has 0 saturated heterocycles. The zero-order valence-electron chi connectivity index (χ0n) is 13.6. The maximum absolute atomic E-state index is 13.4. The van der Waals surface area contributed by atoms with Crippen LogP contribution in [0.25, 0.3) is 0 Å². The Hall–Kier alpha value is -3.13. The van der Waals surface area contributed by atoms with E-state index in [1.807, 2.05) is 0 Å². The lowest BCUT2D eigenvalue weighted by Crippen LogP contribution is -2.15. The van der Waals surface area contributed by atoms with E-state index in [0.29, 0.717) is 11.3 Å². The van der Waals surface area contributed by atoms with Crippen LogP contribution in [0, 0.1) is 17.5 Å². The summed E-state index contributed by atoms with van der Waals surface area (Å²) in [5.74, 6) is -2.81. The highest BCUT2D eigenvalue weighted by atomic mass is 35.5. The van der Waals surface area contributed by atoms with Crippen LogP contribution in [0.15, 0.2) is 48.7 Å². The maximum atomic E-state index is 13.4. The second-order valence-corrected chi connectivity index (χ2v) is 5.90. The third-order valence-corrected chi connectivity index (χ3v) is 3.94. The SMILES string of the molecule is O=C(Cc1cccc(F)c1Cl)Nc1cnnc(Nc2ccc(F)c(F)c2)c1. The van der Waals surface area contributed by atoms with Crippen LogP contribution in [-0.4, -0.2) is 16.1 Å². The first-order chi connectivity index (χ1) is 12.9. The molecule has 3 aromatic rings. The van der Waals surface area contributed by atoms with Crippen LogP contribution in [-0.2, 0) is 11.2 Å². The van der Waals surface area contributed by atoms with E-state index in [-0.39, 0.29) is 22.9 Å². The molecule has 1 amide bonds. The number of amides is 1. The van der Waals surface area contributed by atoms with Crippen molar-refractivity contribution in [3.63, 3.8) is 0 Å². The van der Waals surface area contributed by atoms with Crippen LogP contribution in [0.4, 0.5) is 30.4 Å². The molecule has 27 heavy (non-hydrogen) atoms. The van der Waals surface area contributed by atoms with Gasteiger partial charge in [-0.2, -0.15) is 5.10 Å². The number of carbonyl (C=O) groups is 1. The highest BCUT2D eigenvalue weighted by Crippen LogP contribution is 2.21. The minimum Gasteiger partial charge on any atom is -0.339 e. The van der Waals surface area contributed by atoms with Crippen LogP contribution in [0.3, 0.4) is 0 Å². The van der Waals surface area contributed by atoms with E-state index in [1.165, 1.54) is 30.5 Å². The number of halogens is 4. The summed E-state index contributed by atoms with van der Waals surface area (Å²) in [6, 6.07) is 8.94. The fourth-order valence-corrected chi connectivity index (χ4v) is 2.47. The smallest absolute Gasteiger partial charge is 0.228 e. The lowest BCUT2D eigenvalue weighted by molar-refractivity contribution is -0.115. The molecule has 3 rings (SSSR count). The van der Waals surface area contributed by atoms with E-state index in [2.05, 4.69) is 20.8 Å². The summed E-state index contributed by atoms with van der Waals surface area (Å²) in [7, 11) is 0. The van der Waals surface area contributed by atoms with E-state index >= 15 is 0 Å². The third-order valence-electron chi connectivity index (χ3n) is 3.51. The number of hydrogen-bond acceptors (Lipinski definition) is 4. The first kappa shape index (κ1) is 18.7. The van der Waals surface area contributed by atoms with Crippen molar-refractivity contribution in [3.8, 4) is 0 Å². The average Bonchev–Trinajstić information content (AvgIpc) is 2.62. The topological polar surface area (TPSA) is 66.9 Å². The van der Waals surface area contributed by atoms with Crippen molar-refractivity contribution in [2.24, 2.45) is 0 Å². The fourth-order valence-electron chi connectivity index (χ4n) is 2.28. The second-order valence-electron chi connectivity index (χ2n) is 5.52. The molecule has 1 aromatic heterocycles. The van der Waals surface area contributed by atoms with Crippen LogP contribution in [0.5, 0.6) is 0 Å². The number of carbonyl (C=O) groups excluding carboxylic acids is 1. The molecule has 0 aliphatic carbocycles. The molecular weight excluding hydrogens is 381 g/mol. The molecule has 2 aromatic carbocycles. The molecule has 0 fully saturated rings. The molecule has 0 aliphatic heterocycles. The second kappa shape index (κ2) is 8.05. The Kier molecular flexibility index (Phi) is 5.56. The van der Waals surface area contributed by atoms with E-state index in [1.54, 1.807) is 6.07 Å². The van der Waals surface area contributed by atoms with Gasteiger partial charge in [-0.15, -0.1) is 5.10 Å². The first-order valence-electron chi connectivity index (χ1n) is 7.70. The zero-order valence-corrected chi connectivity index (χ0v) is 14.4. The van der Waals surface area contributed by atoms with Gasteiger partial charge in [-0.1, -0.05) is 23.7 Å². The van der Waals surface area contributed by atoms with Crippen molar-refractivity contribution in [2.45, 2.75) is 6.42 Å². The fraction of sp³-hybridized carbons (Fsp3) is 0.0556. The molecule has 0 saturated carbocycles. The molecule has 0 atom stereocenters. The lowest BCUT2D eigenvalue weighted by Gasteiger charge is -2.09. The van der Waals surface area contributed by atoms with Gasteiger partial charge in [0.2, 0.25) is 5.91 Å². The maximum Gasteiger partial charge on any atom is 0.228 e. The zero-order chi connectivity index (χ0) is 19.4. The molecule has 1 heterocycles. The monoisotopic (exact) mass is 392 g/mol. The standard InChI is InChI=1S/C18H12ClF3N4O/c19-18-10(2-1-3-14(18)21)6-17(27)25-12-8-16(26-23-9-12)24-11-4-5-13(20)15(22)7-11/h1-5,7-9H,6H2,(H2,24,25,26,27). The van der Waals surface area contributed by atoms with Gasteiger partial charge in [0.05, 0.1) is 23.3 Å². The van der Waals surface area contributed by atoms with Gasteiger partial charge in [0.1, 0.15) is 5.82 Å². The third kappa shape index (κ3) is 4.73. The number of nitrogens with one attached hydrogen (secondary N) is 2. The Morgan fingerprint density at radius 3 is 2.59 bits per heavy atom. The van der Waals surface area contributed by atoms with Crippen molar-refractivity contribution in [1.29, 1.82) is 0 Å². The molecule has 138 valence electrons. The Balaban J connectivity index is 1.69. The van der Waals surface area contributed by atoms with Gasteiger partial charge >= 0.3 is 0 Å². The van der Waals surface area contributed by atoms with E-state index in [0.717, 1.165) is 12.1 Å². The predicted molar refractivity (Wildman–Crippen MR) is 95.4 cm³/mol. The van der Waals surface area contributed by atoms with Crippen LogP contribution in [0.2, 0.25) is 5.02 Å². The molecule has 5 nitrogen and oxygen atoms in total. The Morgan fingerprint density at radius 1 is 1.00 bits per heavy atom. The highest BCUT2D eigenvalue weighted by molar-refractivity contribution is 6.31. The minimum absolute atomic E-state index is 0.110. The number of benzene rings is 2. The number of rotatable bonds is 5. The summed E-state index contributed by atoms with van der Waals surface area (Å²) < 4.78 is 39.7. The van der Waals surface area contributed by atoms with E-state index in [9.17, 15) is 18.0 Å². The summed E-state index contributed by atoms with van der Waals surface area (Å²) >= 11 is 5.83. The van der Waals surface area contributed by atoms with E-state index < -0.39 is 23.4 Å². The number of hydrogen-bond donors (Lipinski definition) is 2. The highest BCUT2D eigenvalue weighted by Gasteiger charge is 2.11. The quantitative estimate of drug-likeness (QED) is 0.672. The minimum atomic E-state index is -1.01. The Bertz CT molecular complexity index is 1000. The van der Waals surface area contributed by atoms with Gasteiger partial charge < -0.3 is 10.6 Å². The van der Waals surface area contributed by atoms with Crippen molar-refractivity contribution in [2.75, 3.05) is 10.6 Å². The van der Waals surface area contributed by atoms with Gasteiger partial charge in [0.15, 0.2) is 17.5 Å². The van der Waals surface area contributed by atoms with Gasteiger partial charge in [-0.3, -0.25) is 4.79 Å². The van der Waals surface area contributed by atoms with Gasteiger partial charge in [-0.25, -0.2) is 13.2 Å². The van der Waals surface area contributed by atoms with Crippen molar-refractivity contribution < 1.29 is 18.0 Å². The molecular formula is C18H12ClF3N4O. The number of anilines is 3. The largest absolute Gasteiger partial charge is 0.339 e. The predicted octanol–water partition coefficient (Wildman–Crippen LogP) is 4.47. The van der Waals surface area contributed by atoms with Gasteiger partial charge in [0, 0.05) is 17.8 Å². The molecule has 0 radical (unpaired) electrons. The number of nitrogens with zero attached hydrogens (tertiary/aromatic N) is 2. The molecule has 0 unspecified atom stereocenters. The summed E-state index contributed by atoms with van der Waals surface area (Å²) in [5, 5.41) is 12.8.